The molecule has 5 nitrogen and oxygen atoms in total. The lowest BCUT2D eigenvalue weighted by molar-refractivity contribution is 0.169. The van der Waals surface area contributed by atoms with E-state index in [2.05, 4.69) is 40.6 Å². The zero-order valence-corrected chi connectivity index (χ0v) is 15.7. The third-order valence-electron chi connectivity index (χ3n) is 5.67. The van der Waals surface area contributed by atoms with Crippen molar-refractivity contribution >= 4 is 11.7 Å². The number of urea groups is 1. The Morgan fingerprint density at radius 1 is 1.11 bits per heavy atom. The van der Waals surface area contributed by atoms with Gasteiger partial charge in [0.25, 0.3) is 0 Å². The Morgan fingerprint density at radius 2 is 1.85 bits per heavy atom. The summed E-state index contributed by atoms with van der Waals surface area (Å²) in [5.41, 5.74) is 3.19. The van der Waals surface area contributed by atoms with Gasteiger partial charge in [-0.3, -0.25) is 0 Å². The molecule has 0 atom stereocenters. The molecule has 2 heterocycles. The Balaban J connectivity index is 1.29. The van der Waals surface area contributed by atoms with Crippen LogP contribution >= 0.6 is 0 Å². The van der Waals surface area contributed by atoms with E-state index in [-0.39, 0.29) is 6.03 Å². The summed E-state index contributed by atoms with van der Waals surface area (Å²) in [4.78, 5) is 19.0. The first kappa shape index (κ1) is 17.6. The van der Waals surface area contributed by atoms with Gasteiger partial charge in [0.1, 0.15) is 5.65 Å². The largest absolute Gasteiger partial charge is 0.332 e. The van der Waals surface area contributed by atoms with Gasteiger partial charge >= 0.3 is 6.03 Å². The molecule has 1 N–H and O–H groups in total. The van der Waals surface area contributed by atoms with Crippen LogP contribution in [0.5, 0.6) is 0 Å². The molecule has 1 aromatic carbocycles. The van der Waals surface area contributed by atoms with E-state index in [1.165, 1.54) is 5.56 Å². The molecule has 0 bridgehead atoms. The molecule has 2 amide bonds. The monoisotopic (exact) mass is 362 g/mol. The maximum atomic E-state index is 12.6. The van der Waals surface area contributed by atoms with E-state index in [4.69, 9.17) is 0 Å². The fraction of sp³-hybridized carbons (Fsp3) is 0.364. The molecule has 0 spiro atoms. The molecule has 3 aromatic rings. The molecule has 1 aliphatic rings. The van der Waals surface area contributed by atoms with Crippen LogP contribution in [0.15, 0.2) is 60.9 Å². The third-order valence-corrected chi connectivity index (χ3v) is 5.67. The van der Waals surface area contributed by atoms with Gasteiger partial charge in [-0.2, -0.15) is 0 Å². The third kappa shape index (κ3) is 3.97. The van der Waals surface area contributed by atoms with Crippen LogP contribution in [-0.2, 0) is 6.54 Å². The first-order chi connectivity index (χ1) is 13.2. The van der Waals surface area contributed by atoms with Crippen molar-refractivity contribution in [2.24, 2.45) is 0 Å². The van der Waals surface area contributed by atoms with Crippen molar-refractivity contribution in [1.29, 1.82) is 0 Å². The minimum absolute atomic E-state index is 0.0183. The molecular weight excluding hydrogens is 336 g/mol. The lowest BCUT2D eigenvalue weighted by atomic mass is 9.81. The second kappa shape index (κ2) is 7.82. The fourth-order valence-electron chi connectivity index (χ4n) is 4.05. The average Bonchev–Trinajstić information content (AvgIpc) is 3.15. The number of pyridine rings is 1. The zero-order valence-electron chi connectivity index (χ0n) is 15.7. The summed E-state index contributed by atoms with van der Waals surface area (Å²) < 4.78 is 1.97. The van der Waals surface area contributed by atoms with E-state index in [9.17, 15) is 4.79 Å². The lowest BCUT2D eigenvalue weighted by Gasteiger charge is -2.34. The average molecular weight is 362 g/mol. The van der Waals surface area contributed by atoms with Crippen molar-refractivity contribution in [3.63, 3.8) is 0 Å². The number of amides is 2. The number of carbonyl (C=O) groups excluding carboxylic acids is 1. The van der Waals surface area contributed by atoms with Crippen LogP contribution in [0.4, 0.5) is 4.79 Å². The Kier molecular flexibility index (Phi) is 5.10. The summed E-state index contributed by atoms with van der Waals surface area (Å²) in [5, 5.41) is 3.01. The summed E-state index contributed by atoms with van der Waals surface area (Å²) in [5.74, 6) is 0.622. The molecule has 1 saturated carbocycles. The molecule has 0 aliphatic heterocycles. The van der Waals surface area contributed by atoms with Gasteiger partial charge in [0.05, 0.1) is 12.2 Å². The van der Waals surface area contributed by atoms with Gasteiger partial charge in [-0.05, 0) is 49.3 Å². The van der Waals surface area contributed by atoms with Crippen LogP contribution < -0.4 is 5.32 Å². The summed E-state index contributed by atoms with van der Waals surface area (Å²) in [6, 6.07) is 16.9. The molecule has 0 unspecified atom stereocenters. The molecule has 27 heavy (non-hydrogen) atoms. The van der Waals surface area contributed by atoms with Crippen molar-refractivity contribution in [2.45, 2.75) is 44.2 Å². The summed E-state index contributed by atoms with van der Waals surface area (Å²) in [6.45, 7) is 0.449. The molecule has 1 aliphatic carbocycles. The van der Waals surface area contributed by atoms with E-state index in [1.54, 1.807) is 0 Å². The second-order valence-corrected chi connectivity index (χ2v) is 7.38. The molecule has 5 heteroatoms. The lowest BCUT2D eigenvalue weighted by Crippen LogP contribution is -2.44. The number of imidazole rings is 1. The summed E-state index contributed by atoms with van der Waals surface area (Å²) >= 11 is 0. The number of nitrogens with one attached hydrogen (secondary N) is 1. The fourth-order valence-corrected chi connectivity index (χ4v) is 4.05. The standard InChI is InChI=1S/C22H26N4O/c1-25(20-12-10-18(11-13-20)17-7-3-2-4-8-17)22(27)23-15-19-16-26-14-6-5-9-21(26)24-19/h2-9,14,16,18,20H,10-13,15H2,1H3,(H,23,27). The highest BCUT2D eigenvalue weighted by Gasteiger charge is 2.27. The number of hydrogen-bond acceptors (Lipinski definition) is 2. The van der Waals surface area contributed by atoms with Crippen molar-refractivity contribution in [1.82, 2.24) is 19.6 Å². The zero-order chi connectivity index (χ0) is 18.6. The Morgan fingerprint density at radius 3 is 2.59 bits per heavy atom. The first-order valence-corrected chi connectivity index (χ1v) is 9.69. The molecular formula is C22H26N4O. The van der Waals surface area contributed by atoms with Gasteiger partial charge in [0.2, 0.25) is 0 Å². The maximum absolute atomic E-state index is 12.6. The van der Waals surface area contributed by atoms with Crippen LogP contribution in [-0.4, -0.2) is 33.4 Å². The van der Waals surface area contributed by atoms with Crippen molar-refractivity contribution in [3.05, 3.63) is 72.2 Å². The van der Waals surface area contributed by atoms with Crippen LogP contribution in [0.1, 0.15) is 42.9 Å². The number of carbonyl (C=O) groups is 1. The number of nitrogens with zero attached hydrogens (tertiary/aromatic N) is 3. The summed E-state index contributed by atoms with van der Waals surface area (Å²) in [6.07, 6.45) is 8.30. The number of rotatable bonds is 4. The van der Waals surface area contributed by atoms with E-state index >= 15 is 0 Å². The van der Waals surface area contributed by atoms with Gasteiger partial charge in [0, 0.05) is 25.5 Å². The number of hydrogen-bond donors (Lipinski definition) is 1. The Labute approximate surface area is 160 Å². The summed E-state index contributed by atoms with van der Waals surface area (Å²) in [7, 11) is 1.91. The normalized spacial score (nSPS) is 19.7. The van der Waals surface area contributed by atoms with Crippen LogP contribution in [0.25, 0.3) is 5.65 Å². The number of fused-ring (bicyclic) bond motifs is 1. The smallest absolute Gasteiger partial charge is 0.317 e. The highest BCUT2D eigenvalue weighted by atomic mass is 16.2. The Hall–Kier alpha value is -2.82. The maximum Gasteiger partial charge on any atom is 0.317 e. The van der Waals surface area contributed by atoms with Crippen molar-refractivity contribution in [3.8, 4) is 0 Å². The van der Waals surface area contributed by atoms with E-state index in [1.807, 2.05) is 46.9 Å². The minimum Gasteiger partial charge on any atom is -0.332 e. The van der Waals surface area contributed by atoms with Crippen LogP contribution in [0.3, 0.4) is 0 Å². The van der Waals surface area contributed by atoms with E-state index in [0.717, 1.165) is 37.0 Å². The highest BCUT2D eigenvalue weighted by Crippen LogP contribution is 2.34. The van der Waals surface area contributed by atoms with Crippen molar-refractivity contribution < 1.29 is 4.79 Å². The van der Waals surface area contributed by atoms with Gasteiger partial charge in [-0.15, -0.1) is 0 Å². The predicted octanol–water partition coefficient (Wildman–Crippen LogP) is 4.20. The predicted molar refractivity (Wildman–Crippen MR) is 107 cm³/mol. The van der Waals surface area contributed by atoms with Crippen LogP contribution in [0, 0.1) is 0 Å². The van der Waals surface area contributed by atoms with Crippen LogP contribution in [0.2, 0.25) is 0 Å². The second-order valence-electron chi connectivity index (χ2n) is 7.38. The highest BCUT2D eigenvalue weighted by molar-refractivity contribution is 5.74. The Bertz CT molecular complexity index is 864. The van der Waals surface area contributed by atoms with Gasteiger partial charge in [0.15, 0.2) is 0 Å². The minimum atomic E-state index is -0.0183. The first-order valence-electron chi connectivity index (χ1n) is 9.69. The SMILES string of the molecule is CN(C(=O)NCc1cn2ccccc2n1)C1CCC(c2ccccc2)CC1. The topological polar surface area (TPSA) is 49.6 Å². The number of benzene rings is 1. The molecule has 140 valence electrons. The van der Waals surface area contributed by atoms with E-state index < -0.39 is 0 Å². The van der Waals surface area contributed by atoms with Gasteiger partial charge in [-0.1, -0.05) is 36.4 Å². The molecule has 4 rings (SSSR count). The van der Waals surface area contributed by atoms with Gasteiger partial charge in [-0.25, -0.2) is 9.78 Å². The molecule has 0 radical (unpaired) electrons. The van der Waals surface area contributed by atoms with Crippen molar-refractivity contribution in [2.75, 3.05) is 7.05 Å². The molecule has 2 aromatic heterocycles. The molecule has 0 saturated heterocycles. The molecule has 1 fully saturated rings. The van der Waals surface area contributed by atoms with Gasteiger partial charge < -0.3 is 14.6 Å². The van der Waals surface area contributed by atoms with E-state index in [0.29, 0.717) is 18.5 Å². The number of aromatic nitrogens is 2. The quantitative estimate of drug-likeness (QED) is 0.756.